The summed E-state index contributed by atoms with van der Waals surface area (Å²) in [6.07, 6.45) is 0. The van der Waals surface area contributed by atoms with Gasteiger partial charge in [-0.2, -0.15) is 0 Å². The highest BCUT2D eigenvalue weighted by Crippen LogP contribution is 2.29. The molecular weight excluding hydrogens is 416 g/mol. The minimum atomic E-state index is -0.544. The maximum atomic E-state index is 13.4. The molecule has 6 rings (SSSR count). The molecule has 0 spiro atoms. The van der Waals surface area contributed by atoms with E-state index in [1.54, 1.807) is 42.5 Å². The molecule has 158 valence electrons. The van der Waals surface area contributed by atoms with Gasteiger partial charge in [0.05, 0.1) is 16.4 Å². The van der Waals surface area contributed by atoms with Crippen LogP contribution in [0.3, 0.4) is 0 Å². The number of amides is 2. The van der Waals surface area contributed by atoms with E-state index in [9.17, 15) is 14.4 Å². The van der Waals surface area contributed by atoms with Crippen LogP contribution in [0.2, 0.25) is 0 Å². The Balaban J connectivity index is 1.76. The van der Waals surface area contributed by atoms with Gasteiger partial charge in [-0.15, -0.1) is 0 Å². The number of primary amides is 2. The molecule has 0 saturated heterocycles. The normalized spacial score (nSPS) is 11.6. The standard InChI is InChI=1S/C26H16N4O3/c27-24(32)15-5-2-12-1-4-14-9-20-23(31)17-8-7-13-3-6-16(25(28)33)11-19(13)22(17)30-26(20)29-21(14)18(12)10-15/h1-11H,(H2,27,32)(H2,28,33)(H,29,30,31). The number of hydrogen-bond acceptors (Lipinski definition) is 4. The predicted molar refractivity (Wildman–Crippen MR) is 129 cm³/mol. The van der Waals surface area contributed by atoms with Gasteiger partial charge in [0.2, 0.25) is 11.8 Å². The van der Waals surface area contributed by atoms with Gasteiger partial charge in [-0.3, -0.25) is 14.4 Å². The lowest BCUT2D eigenvalue weighted by molar-refractivity contribution is 0.0992. The highest BCUT2D eigenvalue weighted by atomic mass is 16.1. The Morgan fingerprint density at radius 3 is 1.94 bits per heavy atom. The van der Waals surface area contributed by atoms with Crippen LogP contribution in [0.1, 0.15) is 20.7 Å². The van der Waals surface area contributed by atoms with Crippen LogP contribution in [-0.4, -0.2) is 21.8 Å². The van der Waals surface area contributed by atoms with Gasteiger partial charge in [0.1, 0.15) is 5.65 Å². The average molecular weight is 432 g/mol. The zero-order valence-electron chi connectivity index (χ0n) is 17.2. The number of benzene rings is 4. The van der Waals surface area contributed by atoms with E-state index in [0.717, 1.165) is 21.5 Å². The molecule has 4 aromatic carbocycles. The Kier molecular flexibility index (Phi) is 3.79. The Morgan fingerprint density at radius 1 is 0.667 bits per heavy atom. The first kappa shape index (κ1) is 18.9. The summed E-state index contributed by atoms with van der Waals surface area (Å²) >= 11 is 0. The van der Waals surface area contributed by atoms with Crippen molar-refractivity contribution in [2.75, 3.05) is 0 Å². The van der Waals surface area contributed by atoms with E-state index in [1.165, 1.54) is 0 Å². The van der Waals surface area contributed by atoms with E-state index in [2.05, 4.69) is 4.98 Å². The molecule has 0 atom stereocenters. The first-order valence-corrected chi connectivity index (χ1v) is 10.3. The second kappa shape index (κ2) is 6.61. The van der Waals surface area contributed by atoms with Crippen molar-refractivity contribution in [2.24, 2.45) is 11.5 Å². The van der Waals surface area contributed by atoms with Gasteiger partial charge in [-0.25, -0.2) is 4.98 Å². The van der Waals surface area contributed by atoms with Gasteiger partial charge >= 0.3 is 0 Å². The third-order valence-electron chi connectivity index (χ3n) is 6.13. The first-order valence-electron chi connectivity index (χ1n) is 10.3. The van der Waals surface area contributed by atoms with Crippen molar-refractivity contribution in [1.82, 2.24) is 9.97 Å². The minimum Gasteiger partial charge on any atom is -0.366 e. The third-order valence-corrected chi connectivity index (χ3v) is 6.13. The second-order valence-electron chi connectivity index (χ2n) is 8.06. The fourth-order valence-electron chi connectivity index (χ4n) is 4.44. The van der Waals surface area contributed by atoms with Crippen LogP contribution in [-0.2, 0) is 0 Å². The number of nitrogens with one attached hydrogen (secondary N) is 1. The van der Waals surface area contributed by atoms with Gasteiger partial charge in [0.25, 0.3) is 0 Å². The summed E-state index contributed by atoms with van der Waals surface area (Å²) in [6, 6.07) is 19.6. The van der Waals surface area contributed by atoms with E-state index in [0.29, 0.717) is 44.0 Å². The number of pyridine rings is 2. The number of aromatic nitrogens is 2. The van der Waals surface area contributed by atoms with Crippen LogP contribution in [0.4, 0.5) is 0 Å². The van der Waals surface area contributed by atoms with Crippen molar-refractivity contribution in [1.29, 1.82) is 0 Å². The molecule has 0 fully saturated rings. The SMILES string of the molecule is NC(=O)c1ccc2ccc3cc4c(=O)c5ccc6ccc(C(N)=O)cc6c5[nH]c4nc3c2c1. The fraction of sp³-hybridized carbons (Fsp3) is 0. The molecular formula is C26H16N4O3. The van der Waals surface area contributed by atoms with Crippen LogP contribution >= 0.6 is 0 Å². The molecule has 0 aliphatic heterocycles. The van der Waals surface area contributed by atoms with Crippen molar-refractivity contribution >= 4 is 66.2 Å². The Bertz CT molecular complexity index is 1900. The molecule has 2 heterocycles. The Hall–Kier alpha value is -4.78. The third kappa shape index (κ3) is 2.76. The van der Waals surface area contributed by atoms with Crippen LogP contribution in [0.5, 0.6) is 0 Å². The van der Waals surface area contributed by atoms with Crippen molar-refractivity contribution in [2.45, 2.75) is 0 Å². The van der Waals surface area contributed by atoms with Gasteiger partial charge in [0, 0.05) is 32.7 Å². The van der Waals surface area contributed by atoms with Crippen LogP contribution in [0.15, 0.2) is 71.5 Å². The molecule has 0 aliphatic carbocycles. The maximum absolute atomic E-state index is 13.4. The van der Waals surface area contributed by atoms with Gasteiger partial charge < -0.3 is 16.5 Å². The quantitative estimate of drug-likeness (QED) is 0.284. The van der Waals surface area contributed by atoms with Crippen molar-refractivity contribution in [3.8, 4) is 0 Å². The van der Waals surface area contributed by atoms with E-state index >= 15 is 0 Å². The van der Waals surface area contributed by atoms with Gasteiger partial charge in [-0.05, 0) is 47.2 Å². The summed E-state index contributed by atoms with van der Waals surface area (Å²) < 4.78 is 0. The number of carbonyl (C=O) groups excluding carboxylic acids is 2. The van der Waals surface area contributed by atoms with Gasteiger partial charge in [0.15, 0.2) is 5.43 Å². The molecule has 7 nitrogen and oxygen atoms in total. The summed E-state index contributed by atoms with van der Waals surface area (Å²) in [7, 11) is 0. The highest BCUT2D eigenvalue weighted by Gasteiger charge is 2.14. The molecule has 33 heavy (non-hydrogen) atoms. The monoisotopic (exact) mass is 432 g/mol. The molecule has 0 unspecified atom stereocenters. The predicted octanol–water partition coefficient (Wildman–Crippen LogP) is 3.73. The Morgan fingerprint density at radius 2 is 1.24 bits per heavy atom. The van der Waals surface area contributed by atoms with E-state index in [4.69, 9.17) is 16.5 Å². The number of nitrogens with two attached hydrogens (primary N) is 2. The molecule has 6 aromatic rings. The molecule has 2 aromatic heterocycles. The van der Waals surface area contributed by atoms with Crippen LogP contribution in [0.25, 0.3) is 54.4 Å². The number of hydrogen-bond donors (Lipinski definition) is 3. The van der Waals surface area contributed by atoms with E-state index < -0.39 is 11.8 Å². The maximum Gasteiger partial charge on any atom is 0.248 e. The van der Waals surface area contributed by atoms with Crippen LogP contribution < -0.4 is 16.9 Å². The fourth-order valence-corrected chi connectivity index (χ4v) is 4.44. The number of nitrogens with zero attached hydrogens (tertiary/aromatic N) is 1. The smallest absolute Gasteiger partial charge is 0.248 e. The molecule has 5 N–H and O–H groups in total. The largest absolute Gasteiger partial charge is 0.366 e. The molecule has 0 aliphatic rings. The van der Waals surface area contributed by atoms with Crippen molar-refractivity contribution < 1.29 is 9.59 Å². The minimum absolute atomic E-state index is 0.162. The van der Waals surface area contributed by atoms with E-state index in [-0.39, 0.29) is 5.43 Å². The number of H-pyrrole nitrogens is 1. The highest BCUT2D eigenvalue weighted by molar-refractivity contribution is 6.13. The summed E-state index contributed by atoms with van der Waals surface area (Å²) in [5.74, 6) is -1.07. The summed E-state index contributed by atoms with van der Waals surface area (Å²) in [5, 5.41) is 4.96. The van der Waals surface area contributed by atoms with E-state index in [1.807, 2.05) is 24.3 Å². The Labute approximate surface area is 185 Å². The molecule has 7 heteroatoms. The molecule has 2 amide bonds. The molecule has 0 saturated carbocycles. The number of fused-ring (bicyclic) bond motifs is 7. The summed E-state index contributed by atoms with van der Waals surface area (Å²) in [6.45, 7) is 0. The lowest BCUT2D eigenvalue weighted by Gasteiger charge is -2.10. The zero-order valence-corrected chi connectivity index (χ0v) is 17.2. The lowest BCUT2D eigenvalue weighted by Crippen LogP contribution is -2.11. The number of rotatable bonds is 2. The molecule has 0 bridgehead atoms. The summed E-state index contributed by atoms with van der Waals surface area (Å²) in [4.78, 5) is 44.9. The van der Waals surface area contributed by atoms with Crippen molar-refractivity contribution in [3.63, 3.8) is 0 Å². The average Bonchev–Trinajstić information content (AvgIpc) is 2.82. The topological polar surface area (TPSA) is 132 Å². The zero-order chi connectivity index (χ0) is 22.9. The van der Waals surface area contributed by atoms with Crippen molar-refractivity contribution in [3.05, 3.63) is 88.1 Å². The lowest BCUT2D eigenvalue weighted by atomic mass is 10.0. The first-order chi connectivity index (χ1) is 15.9. The summed E-state index contributed by atoms with van der Waals surface area (Å²) in [5.41, 5.74) is 13.1. The second-order valence-corrected chi connectivity index (χ2v) is 8.06. The number of carbonyl (C=O) groups is 2. The van der Waals surface area contributed by atoms with Crippen LogP contribution in [0, 0.1) is 0 Å². The molecule has 0 radical (unpaired) electrons. The van der Waals surface area contributed by atoms with Gasteiger partial charge in [-0.1, -0.05) is 30.3 Å². The number of aromatic amines is 1.